The van der Waals surface area contributed by atoms with Crippen molar-refractivity contribution in [1.82, 2.24) is 14.9 Å². The number of rotatable bonds is 10. The monoisotopic (exact) mass is 486 g/mol. The van der Waals surface area contributed by atoms with Gasteiger partial charge in [-0.05, 0) is 48.1 Å². The maximum absolute atomic E-state index is 13.9. The fourth-order valence-corrected chi connectivity index (χ4v) is 3.91. The summed E-state index contributed by atoms with van der Waals surface area (Å²) in [5, 5.41) is 3.07. The van der Waals surface area contributed by atoms with E-state index in [0.29, 0.717) is 36.5 Å². The summed E-state index contributed by atoms with van der Waals surface area (Å²) in [6.45, 7) is 5.66. The summed E-state index contributed by atoms with van der Waals surface area (Å²) >= 11 is 0. The fourth-order valence-electron chi connectivity index (χ4n) is 3.91. The lowest BCUT2D eigenvalue weighted by Gasteiger charge is -2.31. The first-order chi connectivity index (χ1) is 16.6. The maximum atomic E-state index is 13.9. The van der Waals surface area contributed by atoms with E-state index < -0.39 is 24.2 Å². The van der Waals surface area contributed by atoms with Crippen LogP contribution in [0.3, 0.4) is 0 Å². The molecule has 0 saturated heterocycles. The van der Waals surface area contributed by atoms with Crippen LogP contribution in [0.15, 0.2) is 54.7 Å². The summed E-state index contributed by atoms with van der Waals surface area (Å²) in [7, 11) is 0. The lowest BCUT2D eigenvalue weighted by molar-refractivity contribution is -0.122. The summed E-state index contributed by atoms with van der Waals surface area (Å²) in [6, 6.07) is 11.4. The Morgan fingerprint density at radius 3 is 2.43 bits per heavy atom. The highest BCUT2D eigenvalue weighted by molar-refractivity contribution is 5.76. The highest BCUT2D eigenvalue weighted by Crippen LogP contribution is 2.34. The molecule has 0 bridgehead atoms. The summed E-state index contributed by atoms with van der Waals surface area (Å²) in [5.74, 6) is -0.337. The first-order valence-electron chi connectivity index (χ1n) is 11.7. The average molecular weight is 487 g/mol. The Morgan fingerprint density at radius 1 is 1.11 bits per heavy atom. The highest BCUT2D eigenvalue weighted by atomic mass is 19.1. The normalized spacial score (nSPS) is 13.5. The van der Waals surface area contributed by atoms with Gasteiger partial charge in [0.1, 0.15) is 24.1 Å². The van der Waals surface area contributed by atoms with Crippen LogP contribution in [0.1, 0.15) is 57.5 Å². The second kappa shape index (κ2) is 11.5. The summed E-state index contributed by atoms with van der Waals surface area (Å²) in [5.41, 5.74) is 7.08. The zero-order chi connectivity index (χ0) is 25.6. The highest BCUT2D eigenvalue weighted by Gasteiger charge is 2.32. The van der Waals surface area contributed by atoms with E-state index in [1.54, 1.807) is 24.4 Å². The van der Waals surface area contributed by atoms with E-state index in [4.69, 9.17) is 10.7 Å². The third-order valence-electron chi connectivity index (χ3n) is 5.78. The molecule has 0 unspecified atom stereocenters. The fraction of sp³-hybridized carbons (Fsp3) is 0.407. The molecule has 0 aliphatic rings. The first-order valence-corrected chi connectivity index (χ1v) is 11.7. The van der Waals surface area contributed by atoms with Crippen molar-refractivity contribution in [2.45, 2.75) is 58.7 Å². The number of hydrogen-bond donors (Lipinski definition) is 2. The number of carbonyl (C=O) groups is 1. The van der Waals surface area contributed by atoms with Gasteiger partial charge in [0.05, 0.1) is 11.7 Å². The molecule has 0 radical (unpaired) electrons. The van der Waals surface area contributed by atoms with E-state index in [1.165, 1.54) is 24.3 Å². The third-order valence-corrected chi connectivity index (χ3v) is 5.78. The molecule has 0 saturated carbocycles. The van der Waals surface area contributed by atoms with Crippen molar-refractivity contribution in [3.05, 3.63) is 77.8 Å². The zero-order valence-electron chi connectivity index (χ0n) is 20.4. The van der Waals surface area contributed by atoms with Crippen LogP contribution in [0.25, 0.3) is 11.3 Å². The van der Waals surface area contributed by atoms with Gasteiger partial charge in [-0.2, -0.15) is 0 Å². The van der Waals surface area contributed by atoms with Crippen molar-refractivity contribution in [2.75, 3.05) is 6.67 Å². The molecule has 3 N–H and O–H groups in total. The number of nitrogens with one attached hydrogen (secondary N) is 1. The van der Waals surface area contributed by atoms with Crippen LogP contribution in [-0.4, -0.2) is 28.2 Å². The number of amides is 1. The Kier molecular flexibility index (Phi) is 8.72. The van der Waals surface area contributed by atoms with Crippen LogP contribution in [0, 0.1) is 17.0 Å². The van der Waals surface area contributed by atoms with Gasteiger partial charge in [-0.1, -0.05) is 45.0 Å². The topological polar surface area (TPSA) is 72.9 Å². The molecule has 2 atom stereocenters. The molecule has 8 heteroatoms. The number of hydrogen-bond acceptors (Lipinski definition) is 3. The standard InChI is InChI=1S/C27H33F3N4O/c1-27(2,3)25(33-24(35)12-6-11-22(31)15-28)26-32-23(19-8-5-10-21(30)14-19)17-34(26)16-18-7-4-9-20(29)13-18/h4-5,7-10,13-14,17,22,25H,6,11-12,15-16,31H2,1-3H3,(H,33,35)/t22-,25-/m0/s1. The largest absolute Gasteiger partial charge is 0.346 e. The van der Waals surface area contributed by atoms with Gasteiger partial charge in [-0.25, -0.2) is 18.2 Å². The van der Waals surface area contributed by atoms with E-state index in [2.05, 4.69) is 5.32 Å². The number of benzene rings is 2. The van der Waals surface area contributed by atoms with Gasteiger partial charge in [0.25, 0.3) is 0 Å². The van der Waals surface area contributed by atoms with Gasteiger partial charge in [-0.15, -0.1) is 0 Å². The smallest absolute Gasteiger partial charge is 0.220 e. The number of imidazole rings is 1. The van der Waals surface area contributed by atoms with Crippen molar-refractivity contribution in [2.24, 2.45) is 11.1 Å². The van der Waals surface area contributed by atoms with Gasteiger partial charge in [0.2, 0.25) is 5.91 Å². The van der Waals surface area contributed by atoms with Crippen LogP contribution in [0.2, 0.25) is 0 Å². The molecular formula is C27H33F3N4O. The van der Waals surface area contributed by atoms with Crippen LogP contribution in [-0.2, 0) is 11.3 Å². The Morgan fingerprint density at radius 2 is 1.80 bits per heavy atom. The average Bonchev–Trinajstić information content (AvgIpc) is 3.19. The van der Waals surface area contributed by atoms with Gasteiger partial charge >= 0.3 is 0 Å². The van der Waals surface area contributed by atoms with E-state index in [-0.39, 0.29) is 24.0 Å². The second-order valence-electron chi connectivity index (χ2n) is 9.93. The summed E-state index contributed by atoms with van der Waals surface area (Å²) in [6.07, 6.45) is 2.89. The molecule has 3 rings (SSSR count). The molecule has 1 heterocycles. The molecule has 0 aliphatic carbocycles. The number of alkyl halides is 1. The quantitative estimate of drug-likeness (QED) is 0.395. The Balaban J connectivity index is 1.96. The molecule has 1 amide bonds. The van der Waals surface area contributed by atoms with Crippen molar-refractivity contribution in [1.29, 1.82) is 0 Å². The van der Waals surface area contributed by atoms with Crippen molar-refractivity contribution < 1.29 is 18.0 Å². The maximum Gasteiger partial charge on any atom is 0.220 e. The lowest BCUT2D eigenvalue weighted by Crippen LogP contribution is -2.38. The second-order valence-corrected chi connectivity index (χ2v) is 9.93. The molecule has 35 heavy (non-hydrogen) atoms. The van der Waals surface area contributed by atoms with E-state index >= 15 is 0 Å². The van der Waals surface area contributed by atoms with Gasteiger partial charge in [0, 0.05) is 30.8 Å². The molecule has 0 aliphatic heterocycles. The molecule has 2 aromatic carbocycles. The van der Waals surface area contributed by atoms with Crippen LogP contribution in [0.4, 0.5) is 13.2 Å². The van der Waals surface area contributed by atoms with Crippen molar-refractivity contribution in [3.8, 4) is 11.3 Å². The predicted octanol–water partition coefficient (Wildman–Crippen LogP) is 5.55. The van der Waals surface area contributed by atoms with E-state index in [1.807, 2.05) is 31.4 Å². The molecule has 0 fully saturated rings. The molecule has 0 spiro atoms. The van der Waals surface area contributed by atoms with Crippen molar-refractivity contribution >= 4 is 5.91 Å². The van der Waals surface area contributed by atoms with Crippen molar-refractivity contribution in [3.63, 3.8) is 0 Å². The molecular weight excluding hydrogens is 453 g/mol. The minimum Gasteiger partial charge on any atom is -0.346 e. The van der Waals surface area contributed by atoms with Crippen LogP contribution >= 0.6 is 0 Å². The van der Waals surface area contributed by atoms with Gasteiger partial charge in [-0.3, -0.25) is 4.79 Å². The van der Waals surface area contributed by atoms with Gasteiger partial charge in [0.15, 0.2) is 0 Å². The summed E-state index contributed by atoms with van der Waals surface area (Å²) in [4.78, 5) is 17.6. The minimum absolute atomic E-state index is 0.191. The predicted molar refractivity (Wildman–Crippen MR) is 131 cm³/mol. The molecule has 188 valence electrons. The summed E-state index contributed by atoms with van der Waals surface area (Å²) < 4.78 is 42.3. The number of halogens is 3. The number of nitrogens with two attached hydrogens (primary N) is 1. The van der Waals surface area contributed by atoms with Crippen LogP contribution < -0.4 is 11.1 Å². The van der Waals surface area contributed by atoms with Gasteiger partial charge < -0.3 is 15.6 Å². The van der Waals surface area contributed by atoms with E-state index in [9.17, 15) is 18.0 Å². The lowest BCUT2D eigenvalue weighted by atomic mass is 9.86. The van der Waals surface area contributed by atoms with E-state index in [0.717, 1.165) is 5.56 Å². The first kappa shape index (κ1) is 26.5. The van der Waals surface area contributed by atoms with Crippen LogP contribution in [0.5, 0.6) is 0 Å². The molecule has 3 aromatic rings. The zero-order valence-corrected chi connectivity index (χ0v) is 20.4. The number of aromatic nitrogens is 2. The molecule has 1 aromatic heterocycles. The Labute approximate surface area is 204 Å². The number of carbonyl (C=O) groups excluding carboxylic acids is 1. The Bertz CT molecular complexity index is 1140. The Hall–Kier alpha value is -3.13. The molecule has 5 nitrogen and oxygen atoms in total. The minimum atomic E-state index is -0.618. The number of nitrogens with zero attached hydrogens (tertiary/aromatic N) is 2. The third kappa shape index (κ3) is 7.42. The SMILES string of the molecule is CC(C)(C)[C@@H](NC(=O)CCC[C@H](N)CF)c1nc(-c2cccc(F)c2)cn1Cc1cccc(F)c1.